The van der Waals surface area contributed by atoms with Gasteiger partial charge in [-0.25, -0.2) is 4.79 Å². The number of piperazine rings is 1. The Morgan fingerprint density at radius 3 is 2.13 bits per heavy atom. The molecule has 1 aromatic rings. The van der Waals surface area contributed by atoms with E-state index in [2.05, 4.69) is 17.1 Å². The SMILES string of the molecule is Cc1ccc(CC(=O)N2CCN(C(=O)NC3CCN(CC4CCCC4)CC3)CC2)cc1. The van der Waals surface area contributed by atoms with E-state index >= 15 is 0 Å². The van der Waals surface area contributed by atoms with Crippen molar-refractivity contribution in [3.05, 3.63) is 35.4 Å². The summed E-state index contributed by atoms with van der Waals surface area (Å²) in [5, 5.41) is 3.25. The van der Waals surface area contributed by atoms with Crippen molar-refractivity contribution in [3.8, 4) is 0 Å². The van der Waals surface area contributed by atoms with Gasteiger partial charge in [0.15, 0.2) is 0 Å². The second kappa shape index (κ2) is 10.5. The highest BCUT2D eigenvalue weighted by molar-refractivity contribution is 5.79. The van der Waals surface area contributed by atoms with Crippen LogP contribution in [-0.4, -0.2) is 78.5 Å². The Morgan fingerprint density at radius 2 is 1.48 bits per heavy atom. The summed E-state index contributed by atoms with van der Waals surface area (Å²) < 4.78 is 0. The standard InChI is InChI=1S/C25H38N4O2/c1-20-6-8-21(9-7-20)18-24(30)28-14-16-29(17-15-28)25(31)26-23-10-12-27(13-11-23)19-22-4-2-3-5-22/h6-9,22-23H,2-5,10-19H2,1H3,(H,26,31). The van der Waals surface area contributed by atoms with E-state index in [0.29, 0.717) is 32.6 Å². The summed E-state index contributed by atoms with van der Waals surface area (Å²) in [5.41, 5.74) is 2.25. The van der Waals surface area contributed by atoms with E-state index in [1.807, 2.05) is 34.1 Å². The Kier molecular flexibility index (Phi) is 7.49. The number of nitrogens with zero attached hydrogens (tertiary/aromatic N) is 3. The van der Waals surface area contributed by atoms with Gasteiger partial charge in [-0.1, -0.05) is 42.7 Å². The van der Waals surface area contributed by atoms with Crippen LogP contribution in [0.1, 0.15) is 49.7 Å². The first-order valence-electron chi connectivity index (χ1n) is 12.2. The zero-order chi connectivity index (χ0) is 21.6. The molecular weight excluding hydrogens is 388 g/mol. The Labute approximate surface area is 187 Å². The van der Waals surface area contributed by atoms with E-state index < -0.39 is 0 Å². The van der Waals surface area contributed by atoms with Gasteiger partial charge in [-0.3, -0.25) is 4.79 Å². The van der Waals surface area contributed by atoms with Crippen molar-refractivity contribution in [2.45, 2.75) is 57.9 Å². The number of likely N-dealkylation sites (tertiary alicyclic amines) is 1. The third-order valence-electron chi connectivity index (χ3n) is 7.30. The Morgan fingerprint density at radius 1 is 0.871 bits per heavy atom. The number of nitrogens with one attached hydrogen (secondary N) is 1. The van der Waals surface area contributed by atoms with E-state index in [1.165, 1.54) is 37.8 Å². The number of carbonyl (C=O) groups excluding carboxylic acids is 2. The van der Waals surface area contributed by atoms with Crippen LogP contribution in [0.3, 0.4) is 0 Å². The Balaban J connectivity index is 1.15. The fourth-order valence-electron chi connectivity index (χ4n) is 5.24. The summed E-state index contributed by atoms with van der Waals surface area (Å²) in [4.78, 5) is 31.7. The molecular formula is C25H38N4O2. The third kappa shape index (κ3) is 6.22. The lowest BCUT2D eigenvalue weighted by Crippen LogP contribution is -2.56. The summed E-state index contributed by atoms with van der Waals surface area (Å²) in [7, 11) is 0. The molecule has 3 fully saturated rings. The maximum absolute atomic E-state index is 12.7. The number of amides is 3. The highest BCUT2D eigenvalue weighted by Crippen LogP contribution is 2.26. The van der Waals surface area contributed by atoms with E-state index in [9.17, 15) is 9.59 Å². The fraction of sp³-hybridized carbons (Fsp3) is 0.680. The highest BCUT2D eigenvalue weighted by Gasteiger charge is 2.28. The average Bonchev–Trinajstić information content (AvgIpc) is 3.30. The quantitative estimate of drug-likeness (QED) is 0.787. The average molecular weight is 427 g/mol. The van der Waals surface area contributed by atoms with Gasteiger partial charge in [0.2, 0.25) is 5.91 Å². The molecule has 6 heteroatoms. The monoisotopic (exact) mass is 426 g/mol. The van der Waals surface area contributed by atoms with Crippen LogP contribution in [0.25, 0.3) is 0 Å². The maximum Gasteiger partial charge on any atom is 0.317 e. The lowest BCUT2D eigenvalue weighted by molar-refractivity contribution is -0.131. The number of aryl methyl sites for hydroxylation is 1. The minimum Gasteiger partial charge on any atom is -0.339 e. The molecule has 3 aliphatic rings. The molecule has 1 aromatic carbocycles. The summed E-state index contributed by atoms with van der Waals surface area (Å²) in [6.45, 7) is 7.98. The van der Waals surface area contributed by atoms with Crippen molar-refractivity contribution in [3.63, 3.8) is 0 Å². The molecule has 0 spiro atoms. The molecule has 4 rings (SSSR count). The first-order chi connectivity index (χ1) is 15.1. The van der Waals surface area contributed by atoms with Gasteiger partial charge in [0.1, 0.15) is 0 Å². The van der Waals surface area contributed by atoms with Crippen LogP contribution in [0.5, 0.6) is 0 Å². The molecule has 3 amide bonds. The fourth-order valence-corrected chi connectivity index (χ4v) is 5.24. The molecule has 2 saturated heterocycles. The molecule has 0 unspecified atom stereocenters. The molecule has 1 N–H and O–H groups in total. The van der Waals surface area contributed by atoms with E-state index in [1.54, 1.807) is 0 Å². The Hall–Kier alpha value is -2.08. The largest absolute Gasteiger partial charge is 0.339 e. The van der Waals surface area contributed by atoms with Gasteiger partial charge in [-0.15, -0.1) is 0 Å². The highest BCUT2D eigenvalue weighted by atomic mass is 16.2. The van der Waals surface area contributed by atoms with Gasteiger partial charge < -0.3 is 20.0 Å². The van der Waals surface area contributed by atoms with Crippen LogP contribution in [0.4, 0.5) is 4.79 Å². The van der Waals surface area contributed by atoms with Crippen LogP contribution in [0.2, 0.25) is 0 Å². The second-order valence-corrected chi connectivity index (χ2v) is 9.71. The number of urea groups is 1. The number of carbonyl (C=O) groups is 2. The van der Waals surface area contributed by atoms with Gasteiger partial charge in [-0.2, -0.15) is 0 Å². The minimum atomic E-state index is 0.0416. The molecule has 6 nitrogen and oxygen atoms in total. The van der Waals surface area contributed by atoms with E-state index in [0.717, 1.165) is 37.4 Å². The molecule has 2 aliphatic heterocycles. The van der Waals surface area contributed by atoms with Gasteiger partial charge >= 0.3 is 6.03 Å². The third-order valence-corrected chi connectivity index (χ3v) is 7.30. The van der Waals surface area contributed by atoms with Crippen molar-refractivity contribution in [1.29, 1.82) is 0 Å². The lowest BCUT2D eigenvalue weighted by atomic mass is 10.0. The molecule has 1 aliphatic carbocycles. The van der Waals surface area contributed by atoms with E-state index in [4.69, 9.17) is 0 Å². The molecule has 31 heavy (non-hydrogen) atoms. The molecule has 2 heterocycles. The topological polar surface area (TPSA) is 55.9 Å². The Bertz CT molecular complexity index is 728. The van der Waals surface area contributed by atoms with Gasteiger partial charge in [0, 0.05) is 51.9 Å². The van der Waals surface area contributed by atoms with Crippen molar-refractivity contribution < 1.29 is 9.59 Å². The summed E-state index contributed by atoms with van der Waals surface area (Å²) in [5.74, 6) is 1.05. The predicted octanol–water partition coefficient (Wildman–Crippen LogP) is 3.05. The smallest absolute Gasteiger partial charge is 0.317 e. The number of benzene rings is 1. The summed E-state index contributed by atoms with van der Waals surface area (Å²) >= 11 is 0. The molecule has 1 saturated carbocycles. The van der Waals surface area contributed by atoms with Gasteiger partial charge in [0.25, 0.3) is 0 Å². The van der Waals surface area contributed by atoms with Crippen LogP contribution < -0.4 is 5.32 Å². The molecule has 0 radical (unpaired) electrons. The van der Waals surface area contributed by atoms with Crippen LogP contribution in [0.15, 0.2) is 24.3 Å². The first-order valence-corrected chi connectivity index (χ1v) is 12.2. The predicted molar refractivity (Wildman–Crippen MR) is 123 cm³/mol. The van der Waals surface area contributed by atoms with Crippen molar-refractivity contribution in [1.82, 2.24) is 20.0 Å². The normalized spacial score (nSPS) is 21.5. The lowest BCUT2D eigenvalue weighted by Gasteiger charge is -2.37. The molecule has 0 bridgehead atoms. The zero-order valence-corrected chi connectivity index (χ0v) is 19.0. The number of hydrogen-bond acceptors (Lipinski definition) is 3. The van der Waals surface area contributed by atoms with Crippen molar-refractivity contribution in [2.75, 3.05) is 45.8 Å². The van der Waals surface area contributed by atoms with Crippen molar-refractivity contribution >= 4 is 11.9 Å². The van der Waals surface area contributed by atoms with Gasteiger partial charge in [0.05, 0.1) is 6.42 Å². The zero-order valence-electron chi connectivity index (χ0n) is 19.0. The molecule has 0 atom stereocenters. The van der Waals surface area contributed by atoms with Gasteiger partial charge in [-0.05, 0) is 44.1 Å². The second-order valence-electron chi connectivity index (χ2n) is 9.71. The minimum absolute atomic E-state index is 0.0416. The van der Waals surface area contributed by atoms with Crippen LogP contribution in [0, 0.1) is 12.8 Å². The summed E-state index contributed by atoms with van der Waals surface area (Å²) in [6.07, 6.45) is 8.14. The number of piperidine rings is 1. The molecule has 170 valence electrons. The van der Waals surface area contributed by atoms with Crippen LogP contribution in [-0.2, 0) is 11.2 Å². The van der Waals surface area contributed by atoms with Crippen LogP contribution >= 0.6 is 0 Å². The maximum atomic E-state index is 12.7. The van der Waals surface area contributed by atoms with Crippen molar-refractivity contribution in [2.24, 2.45) is 5.92 Å². The number of rotatable bonds is 5. The first kappa shape index (κ1) is 22.1. The number of hydrogen-bond donors (Lipinski definition) is 1. The molecule has 0 aromatic heterocycles. The van der Waals surface area contributed by atoms with E-state index in [-0.39, 0.29) is 18.0 Å². The summed E-state index contributed by atoms with van der Waals surface area (Å²) in [6, 6.07) is 8.47.